The molecule has 0 atom stereocenters. The molecule has 0 aliphatic heterocycles. The Morgan fingerprint density at radius 2 is 1.22 bits per heavy atom. The molecule has 0 rings (SSSR count). The molecule has 0 fully saturated rings. The molecule has 0 bridgehead atoms. The molecular formula is C2H2I4OS2. The molecule has 0 heterocycles. The van der Waals surface area contributed by atoms with Crippen molar-refractivity contribution in [3.8, 4) is 0 Å². The second-order valence-corrected chi connectivity index (χ2v) is 15.8. The molecule has 9 heavy (non-hydrogen) atoms. The number of rotatable bonds is 4. The smallest absolute Gasteiger partial charge is 0.135 e. The SMILES string of the molecule is IC(I)SOSC(I)I. The molecule has 1 nitrogen and oxygen atoms in total. The number of halogens is 4. The zero-order chi connectivity index (χ0) is 7.28. The van der Waals surface area contributed by atoms with Gasteiger partial charge in [0, 0.05) is 24.1 Å². The normalized spacial score (nSPS) is 11.3. The minimum atomic E-state index is 0.499. The van der Waals surface area contributed by atoms with Gasteiger partial charge in [-0.15, -0.1) is 0 Å². The number of hydrogen-bond donors (Lipinski definition) is 0. The highest BCUT2D eigenvalue weighted by atomic mass is 127. The van der Waals surface area contributed by atoms with E-state index >= 15 is 0 Å². The summed E-state index contributed by atoms with van der Waals surface area (Å²) >= 11 is 12.2. The van der Waals surface area contributed by atoms with E-state index in [0.717, 1.165) is 0 Å². The van der Waals surface area contributed by atoms with Gasteiger partial charge in [-0.1, -0.05) is 90.4 Å². The predicted octanol–water partition coefficient (Wildman–Crippen LogP) is 4.61. The van der Waals surface area contributed by atoms with Gasteiger partial charge in [-0.25, -0.2) is 3.63 Å². The number of hydrogen-bond acceptors (Lipinski definition) is 3. The average Bonchev–Trinajstić information content (AvgIpc) is 1.63. The lowest BCUT2D eigenvalue weighted by Crippen LogP contribution is -1.77. The first kappa shape index (κ1) is 12.6. The van der Waals surface area contributed by atoms with Gasteiger partial charge in [0.25, 0.3) is 0 Å². The van der Waals surface area contributed by atoms with E-state index < -0.39 is 0 Å². The summed E-state index contributed by atoms with van der Waals surface area (Å²) in [4.78, 5) is 0. The molecule has 0 saturated heterocycles. The second-order valence-electron chi connectivity index (χ2n) is 0.782. The maximum atomic E-state index is 5.16. The average molecular weight is 614 g/mol. The first-order valence-electron chi connectivity index (χ1n) is 1.68. The van der Waals surface area contributed by atoms with Gasteiger partial charge in [-0.3, -0.25) is 0 Å². The third kappa shape index (κ3) is 11.6. The van der Waals surface area contributed by atoms with Gasteiger partial charge in [-0.2, -0.15) is 0 Å². The topological polar surface area (TPSA) is 9.23 Å². The predicted molar refractivity (Wildman–Crippen MR) is 79.9 cm³/mol. The standard InChI is InChI=1S/C2H2I4OS2/c3-1(4)8-7-9-2(5)6/h1-2H. The van der Waals surface area contributed by atoms with Gasteiger partial charge in [0.2, 0.25) is 0 Å². The van der Waals surface area contributed by atoms with Gasteiger partial charge in [0.15, 0.2) is 0 Å². The van der Waals surface area contributed by atoms with Crippen molar-refractivity contribution in [2.45, 2.75) is 2.53 Å². The molecule has 0 saturated carbocycles. The summed E-state index contributed by atoms with van der Waals surface area (Å²) in [7, 11) is 0. The van der Waals surface area contributed by atoms with E-state index in [-0.39, 0.29) is 0 Å². The van der Waals surface area contributed by atoms with Crippen LogP contribution in [-0.4, -0.2) is 2.53 Å². The van der Waals surface area contributed by atoms with Gasteiger partial charge in [0.1, 0.15) is 2.53 Å². The zero-order valence-corrected chi connectivity index (χ0v) is 14.2. The van der Waals surface area contributed by atoms with Crippen LogP contribution < -0.4 is 0 Å². The van der Waals surface area contributed by atoms with Gasteiger partial charge >= 0.3 is 0 Å². The van der Waals surface area contributed by atoms with E-state index in [1.165, 1.54) is 24.1 Å². The van der Waals surface area contributed by atoms with Crippen LogP contribution in [0.3, 0.4) is 0 Å². The summed E-state index contributed by atoms with van der Waals surface area (Å²) in [5.41, 5.74) is 0. The molecule has 7 heteroatoms. The summed E-state index contributed by atoms with van der Waals surface area (Å²) in [6.45, 7) is 0. The first-order chi connectivity index (χ1) is 4.13. The van der Waals surface area contributed by atoms with Crippen molar-refractivity contribution in [1.82, 2.24) is 0 Å². The van der Waals surface area contributed by atoms with E-state index in [0.29, 0.717) is 2.53 Å². The van der Waals surface area contributed by atoms with Crippen LogP contribution in [0.4, 0.5) is 0 Å². The Hall–Kier alpha value is 3.58. The fraction of sp³-hybridized carbons (Fsp3) is 1.00. The molecule has 0 amide bonds. The van der Waals surface area contributed by atoms with Gasteiger partial charge in [0.05, 0.1) is 0 Å². The van der Waals surface area contributed by atoms with Crippen molar-refractivity contribution in [2.24, 2.45) is 0 Å². The monoisotopic (exact) mass is 614 g/mol. The first-order valence-corrected chi connectivity index (χ1v) is 8.27. The Morgan fingerprint density at radius 1 is 0.889 bits per heavy atom. The molecule has 0 spiro atoms. The van der Waals surface area contributed by atoms with Crippen molar-refractivity contribution < 1.29 is 3.63 Å². The van der Waals surface area contributed by atoms with Crippen molar-refractivity contribution in [3.05, 3.63) is 0 Å². The van der Waals surface area contributed by atoms with Crippen molar-refractivity contribution in [1.29, 1.82) is 0 Å². The molecule has 0 N–H and O–H groups in total. The van der Waals surface area contributed by atoms with Crippen LogP contribution in [0.25, 0.3) is 0 Å². The van der Waals surface area contributed by atoms with E-state index in [2.05, 4.69) is 90.4 Å². The molecule has 0 radical (unpaired) electrons. The van der Waals surface area contributed by atoms with Crippen LogP contribution in [0, 0.1) is 0 Å². The Labute approximate surface area is 118 Å². The van der Waals surface area contributed by atoms with Crippen LogP contribution in [0.15, 0.2) is 0 Å². The summed E-state index contributed by atoms with van der Waals surface area (Å²) in [5.74, 6) is 0. The highest BCUT2D eigenvalue weighted by Gasteiger charge is 2.02. The maximum Gasteiger partial charge on any atom is 0.135 e. The summed E-state index contributed by atoms with van der Waals surface area (Å²) in [6, 6.07) is 0. The summed E-state index contributed by atoms with van der Waals surface area (Å²) in [6.07, 6.45) is 0. The Morgan fingerprint density at radius 3 is 1.44 bits per heavy atom. The van der Waals surface area contributed by atoms with Crippen LogP contribution >= 0.6 is 114 Å². The molecule has 0 aliphatic carbocycles. The van der Waals surface area contributed by atoms with Crippen LogP contribution in [0.5, 0.6) is 0 Å². The van der Waals surface area contributed by atoms with Crippen molar-refractivity contribution in [2.75, 3.05) is 0 Å². The van der Waals surface area contributed by atoms with E-state index in [9.17, 15) is 0 Å². The molecule has 0 aromatic rings. The maximum absolute atomic E-state index is 5.16. The van der Waals surface area contributed by atoms with Gasteiger partial charge in [-0.05, 0) is 0 Å². The van der Waals surface area contributed by atoms with Gasteiger partial charge < -0.3 is 0 Å². The highest BCUT2D eigenvalue weighted by molar-refractivity contribution is 14.2. The third-order valence-electron chi connectivity index (χ3n) is 0.224. The lowest BCUT2D eigenvalue weighted by molar-refractivity contribution is 0.766. The van der Waals surface area contributed by atoms with Crippen LogP contribution in [0.2, 0.25) is 0 Å². The lowest BCUT2D eigenvalue weighted by Gasteiger charge is -2.00. The minimum absolute atomic E-state index is 0.499. The van der Waals surface area contributed by atoms with E-state index in [4.69, 9.17) is 3.63 Å². The minimum Gasteiger partial charge on any atom is -0.243 e. The fourth-order valence-electron chi connectivity index (χ4n) is 0.0821. The van der Waals surface area contributed by atoms with Crippen molar-refractivity contribution in [3.63, 3.8) is 0 Å². The lowest BCUT2D eigenvalue weighted by atomic mass is 11.9. The Bertz CT molecular complexity index is 61.6. The molecular weight excluding hydrogens is 612 g/mol. The quantitative estimate of drug-likeness (QED) is 0.261. The number of alkyl halides is 4. The molecule has 0 aromatic carbocycles. The second kappa shape index (κ2) is 8.19. The molecule has 56 valence electrons. The Balaban J connectivity index is 2.91. The third-order valence-corrected chi connectivity index (χ3v) is 3.63. The van der Waals surface area contributed by atoms with E-state index in [1.807, 2.05) is 0 Å². The largest absolute Gasteiger partial charge is 0.243 e. The fourth-order valence-corrected chi connectivity index (χ4v) is 3.79. The molecule has 0 aliphatic rings. The van der Waals surface area contributed by atoms with Crippen LogP contribution in [0.1, 0.15) is 0 Å². The van der Waals surface area contributed by atoms with Crippen LogP contribution in [-0.2, 0) is 3.63 Å². The Kier molecular flexibility index (Phi) is 11.4. The molecule has 0 aromatic heterocycles. The zero-order valence-electron chi connectivity index (χ0n) is 3.89. The highest BCUT2D eigenvalue weighted by Crippen LogP contribution is 2.34. The molecule has 0 unspecified atom stereocenters. The van der Waals surface area contributed by atoms with Crippen molar-refractivity contribution >= 4 is 114 Å². The summed E-state index contributed by atoms with van der Waals surface area (Å²) < 4.78 is 6.16. The summed E-state index contributed by atoms with van der Waals surface area (Å²) in [5, 5.41) is 0. The van der Waals surface area contributed by atoms with E-state index in [1.54, 1.807) is 0 Å².